The number of anilines is 1. The van der Waals surface area contributed by atoms with Gasteiger partial charge in [0.15, 0.2) is 0 Å². The van der Waals surface area contributed by atoms with E-state index in [2.05, 4.69) is 18.6 Å². The van der Waals surface area contributed by atoms with Gasteiger partial charge >= 0.3 is 0 Å². The van der Waals surface area contributed by atoms with Crippen molar-refractivity contribution in [3.8, 4) is 0 Å². The Balaban J connectivity index is 1.20. The van der Waals surface area contributed by atoms with Gasteiger partial charge < -0.3 is 4.90 Å². The number of hydrogen-bond donors (Lipinski definition) is 0. The first-order chi connectivity index (χ1) is 15.5. The average molecular weight is 474 g/mol. The van der Waals surface area contributed by atoms with Crippen LogP contribution in [0.4, 0.5) is 5.82 Å². The van der Waals surface area contributed by atoms with Gasteiger partial charge in [0.25, 0.3) is 5.82 Å². The SMILES string of the molecule is O=C(C1CCN(S(=O)(=O)c2cccc3nsnc23)CC1)N1CCN(c2cccc[nH+]2)CC1. The maximum Gasteiger partial charge on any atom is 0.274 e. The Morgan fingerprint density at radius 1 is 0.969 bits per heavy atom. The average Bonchev–Trinajstić information content (AvgIpc) is 3.33. The molecular weight excluding hydrogens is 448 g/mol. The van der Waals surface area contributed by atoms with Gasteiger partial charge in [0.2, 0.25) is 15.9 Å². The van der Waals surface area contributed by atoms with Crippen LogP contribution in [-0.4, -0.2) is 71.5 Å². The van der Waals surface area contributed by atoms with Crippen LogP contribution in [0, 0.1) is 5.92 Å². The molecule has 2 aromatic heterocycles. The molecule has 1 aromatic carbocycles. The molecule has 0 atom stereocenters. The highest BCUT2D eigenvalue weighted by molar-refractivity contribution is 7.89. The summed E-state index contributed by atoms with van der Waals surface area (Å²) in [5, 5.41) is 0. The molecule has 2 aliphatic rings. The Bertz CT molecular complexity index is 1200. The number of fused-ring (bicyclic) bond motifs is 1. The summed E-state index contributed by atoms with van der Waals surface area (Å²) >= 11 is 1.01. The summed E-state index contributed by atoms with van der Waals surface area (Å²) in [4.78, 5) is 20.7. The van der Waals surface area contributed by atoms with Crippen LogP contribution in [-0.2, 0) is 14.8 Å². The molecule has 4 heterocycles. The van der Waals surface area contributed by atoms with Gasteiger partial charge in [-0.25, -0.2) is 13.4 Å². The number of H-pyrrole nitrogens is 1. The van der Waals surface area contributed by atoms with E-state index in [1.54, 1.807) is 18.2 Å². The summed E-state index contributed by atoms with van der Waals surface area (Å²) in [6.45, 7) is 3.60. The molecule has 9 nitrogen and oxygen atoms in total. The molecule has 1 N–H and O–H groups in total. The van der Waals surface area contributed by atoms with Gasteiger partial charge in [-0.15, -0.1) is 0 Å². The molecule has 32 heavy (non-hydrogen) atoms. The molecule has 0 saturated carbocycles. The van der Waals surface area contributed by atoms with Crippen molar-refractivity contribution in [2.75, 3.05) is 44.2 Å². The standard InChI is InChI=1S/C21H24N6O3S2/c28-21(26-14-12-25(13-15-26)19-6-1-2-9-22-19)16-7-10-27(11-8-16)32(29,30)18-5-3-4-17-20(18)24-31-23-17/h1-6,9,16H,7-8,10-15H2/p+1. The minimum Gasteiger partial charge on any atom is -0.335 e. The first kappa shape index (κ1) is 21.2. The predicted octanol–water partition coefficient (Wildman–Crippen LogP) is 1.25. The Hall–Kier alpha value is -2.63. The highest BCUT2D eigenvalue weighted by atomic mass is 32.2. The van der Waals surface area contributed by atoms with E-state index in [0.29, 0.717) is 50.1 Å². The number of carbonyl (C=O) groups is 1. The number of amides is 1. The Labute approximate surface area is 191 Å². The zero-order chi connectivity index (χ0) is 22.1. The first-order valence-electron chi connectivity index (χ1n) is 10.8. The molecule has 0 aliphatic carbocycles. The highest BCUT2D eigenvalue weighted by Gasteiger charge is 2.36. The van der Waals surface area contributed by atoms with Crippen LogP contribution < -0.4 is 9.88 Å². The number of piperazine rings is 1. The molecule has 3 aromatic rings. The summed E-state index contributed by atoms with van der Waals surface area (Å²) in [5.41, 5.74) is 1.01. The van der Waals surface area contributed by atoms with Crippen LogP contribution in [0.25, 0.3) is 11.0 Å². The van der Waals surface area contributed by atoms with E-state index in [9.17, 15) is 13.2 Å². The molecular formula is C21H25N6O3S2+. The second kappa shape index (κ2) is 8.72. The quantitative estimate of drug-likeness (QED) is 0.565. The number of benzene rings is 1. The van der Waals surface area contributed by atoms with E-state index in [-0.39, 0.29) is 16.7 Å². The monoisotopic (exact) mass is 473 g/mol. The van der Waals surface area contributed by atoms with Crippen LogP contribution in [0.3, 0.4) is 0 Å². The maximum atomic E-state index is 13.2. The van der Waals surface area contributed by atoms with E-state index >= 15 is 0 Å². The van der Waals surface area contributed by atoms with Crippen molar-refractivity contribution in [3.05, 3.63) is 42.6 Å². The Kier molecular flexibility index (Phi) is 5.78. The minimum absolute atomic E-state index is 0.131. The normalized spacial score (nSPS) is 18.9. The van der Waals surface area contributed by atoms with Crippen molar-refractivity contribution >= 4 is 44.5 Å². The summed E-state index contributed by atoms with van der Waals surface area (Å²) < 4.78 is 36.2. The maximum absolute atomic E-state index is 13.2. The highest BCUT2D eigenvalue weighted by Crippen LogP contribution is 2.29. The molecule has 0 spiro atoms. The van der Waals surface area contributed by atoms with Gasteiger partial charge in [0.1, 0.15) is 29.0 Å². The van der Waals surface area contributed by atoms with Crippen molar-refractivity contribution in [3.63, 3.8) is 0 Å². The van der Waals surface area contributed by atoms with Crippen molar-refractivity contribution < 1.29 is 18.2 Å². The molecule has 2 fully saturated rings. The summed E-state index contributed by atoms with van der Waals surface area (Å²) in [5.74, 6) is 1.07. The number of pyridine rings is 1. The van der Waals surface area contributed by atoms with Crippen LogP contribution in [0.5, 0.6) is 0 Å². The van der Waals surface area contributed by atoms with Gasteiger partial charge in [-0.3, -0.25) is 9.69 Å². The second-order valence-corrected chi connectivity index (χ2v) is 10.6. The lowest BCUT2D eigenvalue weighted by atomic mass is 9.96. The van der Waals surface area contributed by atoms with E-state index < -0.39 is 10.0 Å². The molecule has 5 rings (SSSR count). The number of nitrogens with zero attached hydrogens (tertiary/aromatic N) is 5. The van der Waals surface area contributed by atoms with Crippen molar-refractivity contribution in [2.45, 2.75) is 17.7 Å². The van der Waals surface area contributed by atoms with E-state index in [1.165, 1.54) is 4.31 Å². The largest absolute Gasteiger partial charge is 0.335 e. The van der Waals surface area contributed by atoms with Crippen LogP contribution >= 0.6 is 11.7 Å². The Morgan fingerprint density at radius 2 is 1.75 bits per heavy atom. The molecule has 0 bridgehead atoms. The third-order valence-corrected chi connectivity index (χ3v) is 8.77. The van der Waals surface area contributed by atoms with Gasteiger partial charge in [0, 0.05) is 25.1 Å². The number of hydrogen-bond acceptors (Lipinski definition) is 7. The molecule has 1 amide bonds. The molecule has 2 saturated heterocycles. The topological polar surface area (TPSA) is 101 Å². The predicted molar refractivity (Wildman–Crippen MR) is 121 cm³/mol. The van der Waals surface area contributed by atoms with E-state index in [0.717, 1.165) is 30.6 Å². The molecule has 168 valence electrons. The molecule has 0 radical (unpaired) electrons. The van der Waals surface area contributed by atoms with Gasteiger partial charge in [-0.05, 0) is 31.0 Å². The van der Waals surface area contributed by atoms with Crippen molar-refractivity contribution in [1.82, 2.24) is 18.0 Å². The first-order valence-corrected chi connectivity index (χ1v) is 12.9. The van der Waals surface area contributed by atoms with E-state index in [4.69, 9.17) is 0 Å². The van der Waals surface area contributed by atoms with Crippen LogP contribution in [0.2, 0.25) is 0 Å². The number of nitrogens with one attached hydrogen (secondary N) is 1. The third-order valence-electron chi connectivity index (χ3n) is 6.29. The zero-order valence-corrected chi connectivity index (χ0v) is 19.2. The fourth-order valence-corrected chi connectivity index (χ4v) is 6.70. The second-order valence-electron chi connectivity index (χ2n) is 8.13. The molecule has 2 aliphatic heterocycles. The lowest BCUT2D eigenvalue weighted by molar-refractivity contribution is -0.364. The number of aromatic nitrogens is 3. The number of aromatic amines is 1. The smallest absolute Gasteiger partial charge is 0.274 e. The molecule has 11 heteroatoms. The number of piperidine rings is 1. The van der Waals surface area contributed by atoms with Crippen LogP contribution in [0.1, 0.15) is 12.8 Å². The van der Waals surface area contributed by atoms with Gasteiger partial charge in [-0.1, -0.05) is 12.1 Å². The van der Waals surface area contributed by atoms with Crippen LogP contribution in [0.15, 0.2) is 47.5 Å². The van der Waals surface area contributed by atoms with Gasteiger partial charge in [0.05, 0.1) is 31.0 Å². The third kappa shape index (κ3) is 3.96. The zero-order valence-electron chi connectivity index (χ0n) is 17.6. The number of carbonyl (C=O) groups excluding carboxylic acids is 1. The Morgan fingerprint density at radius 3 is 2.47 bits per heavy atom. The number of rotatable bonds is 4. The lowest BCUT2D eigenvalue weighted by Gasteiger charge is -2.36. The summed E-state index contributed by atoms with van der Waals surface area (Å²) in [6, 6.07) is 11.0. The summed E-state index contributed by atoms with van der Waals surface area (Å²) in [7, 11) is -3.67. The lowest BCUT2D eigenvalue weighted by Crippen LogP contribution is -2.52. The molecule has 0 unspecified atom stereocenters. The summed E-state index contributed by atoms with van der Waals surface area (Å²) in [6.07, 6.45) is 2.98. The fourth-order valence-electron chi connectivity index (χ4n) is 4.48. The van der Waals surface area contributed by atoms with Gasteiger partial charge in [-0.2, -0.15) is 13.1 Å². The fraction of sp³-hybridized carbons (Fsp3) is 0.429. The van der Waals surface area contributed by atoms with Crippen molar-refractivity contribution in [2.24, 2.45) is 5.92 Å². The minimum atomic E-state index is -3.67. The van der Waals surface area contributed by atoms with E-state index in [1.807, 2.05) is 29.3 Å². The number of sulfonamides is 1. The van der Waals surface area contributed by atoms with Crippen molar-refractivity contribution in [1.29, 1.82) is 0 Å².